The predicted molar refractivity (Wildman–Crippen MR) is 85.0 cm³/mol. The number of rotatable bonds is 5. The molecule has 0 N–H and O–H groups in total. The van der Waals surface area contributed by atoms with Gasteiger partial charge >= 0.3 is 5.97 Å². The molecule has 1 aromatic rings. The van der Waals surface area contributed by atoms with Gasteiger partial charge in [0.25, 0.3) is 0 Å². The lowest BCUT2D eigenvalue weighted by Gasteiger charge is -2.35. The molecule has 0 aromatic carbocycles. The van der Waals surface area contributed by atoms with E-state index in [0.717, 1.165) is 36.1 Å². The maximum absolute atomic E-state index is 11.6. The van der Waals surface area contributed by atoms with E-state index in [4.69, 9.17) is 4.74 Å². The van der Waals surface area contributed by atoms with Crippen molar-refractivity contribution in [2.24, 2.45) is 7.05 Å². The molecule has 1 unspecified atom stereocenters. The molecular formula is C15H24BrN3O2. The second kappa shape index (κ2) is 7.40. The summed E-state index contributed by atoms with van der Waals surface area (Å²) in [7, 11) is 3.44. The van der Waals surface area contributed by atoms with Crippen LogP contribution in [0.3, 0.4) is 0 Å². The number of esters is 1. The van der Waals surface area contributed by atoms with Crippen LogP contribution in [0.25, 0.3) is 0 Å². The molecule has 2 heterocycles. The van der Waals surface area contributed by atoms with Crippen LogP contribution in [0.2, 0.25) is 0 Å². The van der Waals surface area contributed by atoms with Gasteiger partial charge in [-0.05, 0) is 41.7 Å². The molecule has 118 valence electrons. The number of likely N-dealkylation sites (tertiary alicyclic amines) is 1. The zero-order valence-electron chi connectivity index (χ0n) is 13.1. The smallest absolute Gasteiger partial charge is 0.307 e. The van der Waals surface area contributed by atoms with Gasteiger partial charge in [0, 0.05) is 19.6 Å². The molecule has 1 aliphatic rings. The minimum absolute atomic E-state index is 0.120. The van der Waals surface area contributed by atoms with E-state index < -0.39 is 0 Å². The molecular weight excluding hydrogens is 334 g/mol. The first kappa shape index (κ1) is 16.5. The molecule has 6 heteroatoms. The SMILES string of the molecule is CCc1nn(C)c(CN2CCCCC2CC(=O)OC)c1Br. The van der Waals surface area contributed by atoms with Crippen molar-refractivity contribution in [1.82, 2.24) is 14.7 Å². The van der Waals surface area contributed by atoms with Crippen molar-refractivity contribution in [1.29, 1.82) is 0 Å². The van der Waals surface area contributed by atoms with Gasteiger partial charge in [-0.15, -0.1) is 0 Å². The summed E-state index contributed by atoms with van der Waals surface area (Å²) < 4.78 is 7.89. The molecule has 1 aromatic heterocycles. The highest BCUT2D eigenvalue weighted by molar-refractivity contribution is 9.10. The van der Waals surface area contributed by atoms with E-state index in [9.17, 15) is 4.79 Å². The third kappa shape index (κ3) is 3.86. The van der Waals surface area contributed by atoms with Gasteiger partial charge in [-0.3, -0.25) is 14.4 Å². The Labute approximate surface area is 134 Å². The lowest BCUT2D eigenvalue weighted by atomic mass is 9.99. The van der Waals surface area contributed by atoms with Crippen molar-refractivity contribution in [2.45, 2.75) is 51.6 Å². The fourth-order valence-electron chi connectivity index (χ4n) is 2.96. The topological polar surface area (TPSA) is 47.4 Å². The Kier molecular flexibility index (Phi) is 5.81. The van der Waals surface area contributed by atoms with Crippen molar-refractivity contribution >= 4 is 21.9 Å². The molecule has 0 bridgehead atoms. The first-order valence-electron chi connectivity index (χ1n) is 7.57. The number of piperidine rings is 1. The Morgan fingerprint density at radius 3 is 2.86 bits per heavy atom. The quantitative estimate of drug-likeness (QED) is 0.760. The van der Waals surface area contributed by atoms with E-state index in [1.54, 1.807) is 0 Å². The summed E-state index contributed by atoms with van der Waals surface area (Å²) in [6, 6.07) is 0.276. The van der Waals surface area contributed by atoms with Crippen LogP contribution < -0.4 is 0 Å². The summed E-state index contributed by atoms with van der Waals surface area (Å²) >= 11 is 3.67. The van der Waals surface area contributed by atoms with Gasteiger partial charge < -0.3 is 4.74 Å². The molecule has 1 atom stereocenters. The minimum Gasteiger partial charge on any atom is -0.469 e. The van der Waals surface area contributed by atoms with Crippen LogP contribution in [0.1, 0.15) is 44.0 Å². The van der Waals surface area contributed by atoms with Gasteiger partial charge in [-0.1, -0.05) is 13.3 Å². The average molecular weight is 358 g/mol. The summed E-state index contributed by atoms with van der Waals surface area (Å²) in [4.78, 5) is 14.0. The van der Waals surface area contributed by atoms with E-state index in [2.05, 4.69) is 32.9 Å². The highest BCUT2D eigenvalue weighted by Crippen LogP contribution is 2.27. The third-order valence-corrected chi connectivity index (χ3v) is 5.15. The first-order valence-corrected chi connectivity index (χ1v) is 8.37. The zero-order chi connectivity index (χ0) is 15.4. The first-order chi connectivity index (χ1) is 10.1. The minimum atomic E-state index is -0.120. The van der Waals surface area contributed by atoms with Crippen molar-refractivity contribution in [2.75, 3.05) is 13.7 Å². The monoisotopic (exact) mass is 357 g/mol. The Bertz CT molecular complexity index is 501. The van der Waals surface area contributed by atoms with Crippen LogP contribution in [-0.2, 0) is 29.5 Å². The fourth-order valence-corrected chi connectivity index (χ4v) is 3.70. The number of hydrogen-bond acceptors (Lipinski definition) is 4. The van der Waals surface area contributed by atoms with E-state index in [1.165, 1.54) is 25.6 Å². The molecule has 1 aliphatic heterocycles. The van der Waals surface area contributed by atoms with Crippen LogP contribution in [0.15, 0.2) is 4.47 Å². The molecule has 0 spiro atoms. The normalized spacial score (nSPS) is 19.7. The van der Waals surface area contributed by atoms with E-state index in [-0.39, 0.29) is 12.0 Å². The highest BCUT2D eigenvalue weighted by Gasteiger charge is 2.27. The average Bonchev–Trinajstić information content (AvgIpc) is 2.76. The highest BCUT2D eigenvalue weighted by atomic mass is 79.9. The largest absolute Gasteiger partial charge is 0.469 e. The summed E-state index contributed by atoms with van der Waals surface area (Å²) in [6.45, 7) is 3.96. The molecule has 2 rings (SSSR count). The Morgan fingerprint density at radius 1 is 1.48 bits per heavy atom. The Morgan fingerprint density at radius 2 is 2.24 bits per heavy atom. The van der Waals surface area contributed by atoms with Crippen LogP contribution in [-0.4, -0.2) is 40.3 Å². The molecule has 0 aliphatic carbocycles. The number of methoxy groups -OCH3 is 1. The molecule has 21 heavy (non-hydrogen) atoms. The standard InChI is InChI=1S/C15H24BrN3O2/c1-4-12-15(16)13(18(2)17-12)10-19-8-6-5-7-11(19)9-14(20)21-3/h11H,4-10H2,1-3H3. The molecule has 0 saturated carbocycles. The zero-order valence-corrected chi connectivity index (χ0v) is 14.6. The van der Waals surface area contributed by atoms with E-state index in [1.807, 2.05) is 11.7 Å². The molecule has 0 amide bonds. The maximum Gasteiger partial charge on any atom is 0.307 e. The lowest BCUT2D eigenvalue weighted by molar-refractivity contribution is -0.142. The van der Waals surface area contributed by atoms with Gasteiger partial charge in [0.2, 0.25) is 0 Å². The molecule has 1 saturated heterocycles. The van der Waals surface area contributed by atoms with Crippen molar-refractivity contribution in [3.8, 4) is 0 Å². The number of carbonyl (C=O) groups is 1. The van der Waals surface area contributed by atoms with Crippen molar-refractivity contribution in [3.05, 3.63) is 15.9 Å². The Hall–Kier alpha value is -0.880. The van der Waals surface area contributed by atoms with Gasteiger partial charge in [0.05, 0.1) is 29.4 Å². The van der Waals surface area contributed by atoms with Gasteiger partial charge in [0.15, 0.2) is 0 Å². The van der Waals surface area contributed by atoms with Crippen LogP contribution >= 0.6 is 15.9 Å². The number of aromatic nitrogens is 2. The van der Waals surface area contributed by atoms with Gasteiger partial charge in [-0.25, -0.2) is 0 Å². The summed E-state index contributed by atoms with van der Waals surface area (Å²) in [6.07, 6.45) is 4.83. The number of nitrogens with zero attached hydrogens (tertiary/aromatic N) is 3. The van der Waals surface area contributed by atoms with Gasteiger partial charge in [-0.2, -0.15) is 5.10 Å². The summed E-state index contributed by atoms with van der Waals surface area (Å²) in [5, 5.41) is 4.55. The summed E-state index contributed by atoms with van der Waals surface area (Å²) in [5.41, 5.74) is 2.28. The second-order valence-corrected chi connectivity index (χ2v) is 6.38. The Balaban J connectivity index is 2.12. The molecule has 5 nitrogen and oxygen atoms in total. The van der Waals surface area contributed by atoms with Crippen molar-refractivity contribution in [3.63, 3.8) is 0 Å². The van der Waals surface area contributed by atoms with Gasteiger partial charge in [0.1, 0.15) is 0 Å². The van der Waals surface area contributed by atoms with Crippen LogP contribution in [0.4, 0.5) is 0 Å². The van der Waals surface area contributed by atoms with E-state index >= 15 is 0 Å². The molecule has 0 radical (unpaired) electrons. The van der Waals surface area contributed by atoms with Crippen molar-refractivity contribution < 1.29 is 9.53 Å². The predicted octanol–water partition coefficient (Wildman–Crippen LogP) is 2.66. The maximum atomic E-state index is 11.6. The second-order valence-electron chi connectivity index (χ2n) is 5.58. The number of ether oxygens (including phenoxy) is 1. The lowest BCUT2D eigenvalue weighted by Crippen LogP contribution is -2.40. The van der Waals surface area contributed by atoms with E-state index in [0.29, 0.717) is 6.42 Å². The number of carbonyl (C=O) groups excluding carboxylic acids is 1. The summed E-state index contributed by atoms with van der Waals surface area (Å²) in [5.74, 6) is -0.120. The van der Waals surface area contributed by atoms with Crippen LogP contribution in [0, 0.1) is 0 Å². The number of halogens is 1. The number of hydrogen-bond donors (Lipinski definition) is 0. The van der Waals surface area contributed by atoms with Crippen LogP contribution in [0.5, 0.6) is 0 Å². The fraction of sp³-hybridized carbons (Fsp3) is 0.733. The molecule has 1 fully saturated rings. The third-order valence-electron chi connectivity index (χ3n) is 4.23. The number of aryl methyl sites for hydroxylation is 2.